The van der Waals surface area contributed by atoms with Crippen LogP contribution in [0.4, 0.5) is 0 Å². The van der Waals surface area contributed by atoms with Crippen molar-refractivity contribution in [1.29, 1.82) is 0 Å². The third-order valence-electron chi connectivity index (χ3n) is 6.70. The quantitative estimate of drug-likeness (QED) is 0.572. The molecule has 1 aromatic carbocycles. The van der Waals surface area contributed by atoms with Crippen molar-refractivity contribution >= 4 is 10.9 Å². The summed E-state index contributed by atoms with van der Waals surface area (Å²) < 4.78 is 1.96. The number of para-hydroxylation sites is 1. The van der Waals surface area contributed by atoms with E-state index < -0.39 is 0 Å². The molecule has 4 rings (SSSR count). The molecule has 172 valence electrons. The van der Waals surface area contributed by atoms with Gasteiger partial charge in [0.25, 0.3) is 5.56 Å². The van der Waals surface area contributed by atoms with Gasteiger partial charge in [0.05, 0.1) is 17.1 Å². The maximum atomic E-state index is 13.1. The highest BCUT2D eigenvalue weighted by Crippen LogP contribution is 2.35. The van der Waals surface area contributed by atoms with Gasteiger partial charge in [-0.1, -0.05) is 44.4 Å². The standard InChI is InChI=1S/C25H36N6O/c1-6-10-21(23-27-28-29-31(23)25(3,4)5)30(20-13-7-8-14-20)16-19-15-18-12-9-11-17(2)22(18)26-24(19)32/h9,11-12,15,20-21H,6-8,10,13-14,16H2,1-5H3,(H,26,32)/t21-/m0/s1. The average molecular weight is 437 g/mol. The SMILES string of the molecule is CCC[C@@H](c1nnnn1C(C)(C)C)N(Cc1cc2cccc(C)c2[nH]c1=O)C1CCCC1. The molecule has 1 aliphatic carbocycles. The second-order valence-corrected chi connectivity index (χ2v) is 10.2. The van der Waals surface area contributed by atoms with Gasteiger partial charge >= 0.3 is 0 Å². The lowest BCUT2D eigenvalue weighted by molar-refractivity contribution is 0.104. The molecule has 1 fully saturated rings. The van der Waals surface area contributed by atoms with E-state index in [9.17, 15) is 4.79 Å². The molecular formula is C25H36N6O. The number of H-pyrrole nitrogens is 1. The van der Waals surface area contributed by atoms with Crippen LogP contribution in [0.5, 0.6) is 0 Å². The Bertz CT molecular complexity index is 1120. The fourth-order valence-corrected chi connectivity index (χ4v) is 5.07. The van der Waals surface area contributed by atoms with E-state index in [1.807, 2.05) is 23.7 Å². The number of pyridine rings is 1. The van der Waals surface area contributed by atoms with Gasteiger partial charge in [0.2, 0.25) is 0 Å². The Morgan fingerprint density at radius 1 is 1.25 bits per heavy atom. The van der Waals surface area contributed by atoms with Crippen molar-refractivity contribution in [3.05, 3.63) is 51.6 Å². The third-order valence-corrected chi connectivity index (χ3v) is 6.70. The van der Waals surface area contributed by atoms with Gasteiger partial charge in [-0.25, -0.2) is 4.68 Å². The number of benzene rings is 1. The van der Waals surface area contributed by atoms with Crippen LogP contribution >= 0.6 is 0 Å². The first-order valence-electron chi connectivity index (χ1n) is 12.0. The van der Waals surface area contributed by atoms with Crippen LogP contribution in [-0.4, -0.2) is 36.1 Å². The Labute approximate surface area is 190 Å². The molecule has 2 aromatic heterocycles. The lowest BCUT2D eigenvalue weighted by Crippen LogP contribution is -2.40. The summed E-state index contributed by atoms with van der Waals surface area (Å²) in [5.41, 5.74) is 2.62. The summed E-state index contributed by atoms with van der Waals surface area (Å²) in [6.07, 6.45) is 6.76. The van der Waals surface area contributed by atoms with Gasteiger partial charge in [-0.3, -0.25) is 9.69 Å². The minimum Gasteiger partial charge on any atom is -0.321 e. The fourth-order valence-electron chi connectivity index (χ4n) is 5.07. The molecule has 7 nitrogen and oxygen atoms in total. The lowest BCUT2D eigenvalue weighted by Gasteiger charge is -2.37. The molecule has 1 aliphatic rings. The van der Waals surface area contributed by atoms with Crippen LogP contribution in [0.3, 0.4) is 0 Å². The van der Waals surface area contributed by atoms with E-state index in [1.54, 1.807) is 0 Å². The van der Waals surface area contributed by atoms with Gasteiger partial charge < -0.3 is 4.98 Å². The Balaban J connectivity index is 1.77. The van der Waals surface area contributed by atoms with Crippen LogP contribution in [-0.2, 0) is 12.1 Å². The topological polar surface area (TPSA) is 79.7 Å². The van der Waals surface area contributed by atoms with Crippen LogP contribution in [0, 0.1) is 6.92 Å². The number of nitrogens with one attached hydrogen (secondary N) is 1. The number of rotatable bonds is 7. The van der Waals surface area contributed by atoms with Gasteiger partial charge in [0.15, 0.2) is 5.82 Å². The Kier molecular flexibility index (Phi) is 6.47. The van der Waals surface area contributed by atoms with Crippen LogP contribution in [0.15, 0.2) is 29.1 Å². The third kappa shape index (κ3) is 4.49. The number of hydrogen-bond acceptors (Lipinski definition) is 5. The molecule has 32 heavy (non-hydrogen) atoms. The van der Waals surface area contributed by atoms with E-state index in [4.69, 9.17) is 0 Å². The number of aryl methyl sites for hydroxylation is 1. The molecule has 3 aromatic rings. The largest absolute Gasteiger partial charge is 0.321 e. The predicted octanol–water partition coefficient (Wildman–Crippen LogP) is 4.86. The lowest BCUT2D eigenvalue weighted by atomic mass is 10.0. The molecule has 0 bridgehead atoms. The summed E-state index contributed by atoms with van der Waals surface area (Å²) in [6.45, 7) is 11.2. The minimum absolute atomic E-state index is 0.000425. The summed E-state index contributed by atoms with van der Waals surface area (Å²) >= 11 is 0. The number of aromatic amines is 1. The molecule has 1 atom stereocenters. The number of fused-ring (bicyclic) bond motifs is 1. The molecule has 1 saturated carbocycles. The first-order chi connectivity index (χ1) is 15.3. The zero-order valence-electron chi connectivity index (χ0n) is 20.1. The molecular weight excluding hydrogens is 400 g/mol. The molecule has 0 amide bonds. The normalized spacial score (nSPS) is 16.3. The highest BCUT2D eigenvalue weighted by atomic mass is 16.1. The number of tetrazole rings is 1. The van der Waals surface area contributed by atoms with E-state index in [0.717, 1.165) is 53.5 Å². The summed E-state index contributed by atoms with van der Waals surface area (Å²) in [7, 11) is 0. The van der Waals surface area contributed by atoms with E-state index >= 15 is 0 Å². The zero-order chi connectivity index (χ0) is 22.9. The number of hydrogen-bond donors (Lipinski definition) is 1. The highest BCUT2D eigenvalue weighted by molar-refractivity contribution is 5.81. The van der Waals surface area contributed by atoms with E-state index in [2.05, 4.69) is 65.2 Å². The van der Waals surface area contributed by atoms with Gasteiger partial charge in [-0.05, 0) is 74.4 Å². The van der Waals surface area contributed by atoms with Crippen molar-refractivity contribution in [3.8, 4) is 0 Å². The first kappa shape index (κ1) is 22.6. The van der Waals surface area contributed by atoms with E-state index in [0.29, 0.717) is 12.6 Å². The Morgan fingerprint density at radius 2 is 2.00 bits per heavy atom. The second kappa shape index (κ2) is 9.14. The van der Waals surface area contributed by atoms with Gasteiger partial charge in [0.1, 0.15) is 0 Å². The molecule has 0 saturated heterocycles. The van der Waals surface area contributed by atoms with Crippen LogP contribution in [0.1, 0.15) is 89.2 Å². The zero-order valence-corrected chi connectivity index (χ0v) is 20.1. The van der Waals surface area contributed by atoms with Gasteiger partial charge in [-0.15, -0.1) is 5.10 Å². The number of nitrogens with zero attached hydrogens (tertiary/aromatic N) is 5. The van der Waals surface area contributed by atoms with Crippen molar-refractivity contribution in [2.24, 2.45) is 0 Å². The molecule has 1 N–H and O–H groups in total. The molecule has 2 heterocycles. The summed E-state index contributed by atoms with van der Waals surface area (Å²) in [5, 5.41) is 14.0. The van der Waals surface area contributed by atoms with Gasteiger partial charge in [0, 0.05) is 18.2 Å². The van der Waals surface area contributed by atoms with Crippen molar-refractivity contribution in [3.63, 3.8) is 0 Å². The van der Waals surface area contributed by atoms with Crippen molar-refractivity contribution in [2.45, 2.75) is 97.3 Å². The second-order valence-electron chi connectivity index (χ2n) is 10.2. The Morgan fingerprint density at radius 3 is 2.69 bits per heavy atom. The average Bonchev–Trinajstić information content (AvgIpc) is 3.43. The van der Waals surface area contributed by atoms with Crippen LogP contribution in [0.2, 0.25) is 0 Å². The van der Waals surface area contributed by atoms with Crippen LogP contribution in [0.25, 0.3) is 10.9 Å². The highest BCUT2D eigenvalue weighted by Gasteiger charge is 2.35. The van der Waals surface area contributed by atoms with Crippen LogP contribution < -0.4 is 5.56 Å². The van der Waals surface area contributed by atoms with E-state index in [-0.39, 0.29) is 17.1 Å². The Hall–Kier alpha value is -2.54. The summed E-state index contributed by atoms with van der Waals surface area (Å²) in [4.78, 5) is 18.7. The fraction of sp³-hybridized carbons (Fsp3) is 0.600. The molecule has 0 aliphatic heterocycles. The number of aromatic nitrogens is 5. The minimum atomic E-state index is -0.204. The van der Waals surface area contributed by atoms with Crippen molar-refractivity contribution < 1.29 is 0 Å². The molecule has 0 unspecified atom stereocenters. The maximum absolute atomic E-state index is 13.1. The molecule has 7 heteroatoms. The summed E-state index contributed by atoms with van der Waals surface area (Å²) in [6, 6.07) is 8.73. The maximum Gasteiger partial charge on any atom is 0.252 e. The van der Waals surface area contributed by atoms with Crippen molar-refractivity contribution in [2.75, 3.05) is 0 Å². The van der Waals surface area contributed by atoms with Crippen molar-refractivity contribution in [1.82, 2.24) is 30.1 Å². The molecule has 0 spiro atoms. The van der Waals surface area contributed by atoms with E-state index in [1.165, 1.54) is 12.8 Å². The smallest absolute Gasteiger partial charge is 0.252 e. The monoisotopic (exact) mass is 436 g/mol. The first-order valence-corrected chi connectivity index (χ1v) is 12.0. The molecule has 0 radical (unpaired) electrons. The predicted molar refractivity (Wildman–Crippen MR) is 128 cm³/mol. The van der Waals surface area contributed by atoms with Gasteiger partial charge in [-0.2, -0.15) is 0 Å². The summed E-state index contributed by atoms with van der Waals surface area (Å²) in [5.74, 6) is 0.902.